The second-order valence-corrected chi connectivity index (χ2v) is 5.03. The predicted molar refractivity (Wildman–Crippen MR) is 108 cm³/mol. The molecule has 1 atom stereocenters. The molecule has 0 fully saturated rings. The quantitative estimate of drug-likeness (QED) is 0.483. The molecule has 0 aliphatic rings. The number of hydrogen-bond acceptors (Lipinski definition) is 3. The van der Waals surface area contributed by atoms with Crippen LogP contribution in [0.2, 0.25) is 0 Å². The molecular weight excluding hydrogens is 369 g/mol. The molecule has 2 rings (SSSR count). The molecule has 0 heterocycles. The maximum atomic E-state index is 12.3. The van der Waals surface area contributed by atoms with Gasteiger partial charge in [0.2, 0.25) is 0 Å². The first-order chi connectivity index (χ1) is 13.4. The van der Waals surface area contributed by atoms with E-state index in [1.807, 2.05) is 33.8 Å². The van der Waals surface area contributed by atoms with Crippen LogP contribution in [0.3, 0.4) is 0 Å². The Morgan fingerprint density at radius 3 is 2.14 bits per heavy atom. The van der Waals surface area contributed by atoms with Crippen LogP contribution in [0.25, 0.3) is 11.1 Å². The van der Waals surface area contributed by atoms with Crippen LogP contribution in [0.1, 0.15) is 45.7 Å². The fourth-order valence-electron chi connectivity index (χ4n) is 2.35. The minimum atomic E-state index is -4.73. The van der Waals surface area contributed by atoms with Crippen LogP contribution < -0.4 is 10.5 Å². The summed E-state index contributed by atoms with van der Waals surface area (Å²) < 4.78 is 41.0. The van der Waals surface area contributed by atoms with E-state index in [-0.39, 0.29) is 18.4 Å². The lowest BCUT2D eigenvalue weighted by Gasteiger charge is -2.13. The molecule has 0 spiro atoms. The van der Waals surface area contributed by atoms with Crippen molar-refractivity contribution in [2.75, 3.05) is 6.61 Å². The van der Waals surface area contributed by atoms with E-state index in [4.69, 9.17) is 10.8 Å². The molecule has 0 aliphatic heterocycles. The number of alkyl halides is 3. The number of halogens is 3. The summed E-state index contributed by atoms with van der Waals surface area (Å²) in [7, 11) is 0. The molecule has 7 heteroatoms. The highest BCUT2D eigenvalue weighted by Crippen LogP contribution is 2.30. The maximum absolute atomic E-state index is 12.3. The van der Waals surface area contributed by atoms with Crippen LogP contribution in [-0.2, 0) is 0 Å². The zero-order chi connectivity index (χ0) is 21.6. The summed E-state index contributed by atoms with van der Waals surface area (Å²) in [4.78, 5) is 4.10. The second kappa shape index (κ2) is 13.6. The fraction of sp³-hybridized carbons (Fsp3) is 0.381. The maximum Gasteiger partial charge on any atom is 0.573 e. The van der Waals surface area contributed by atoms with Gasteiger partial charge in [-0.2, -0.15) is 0 Å². The van der Waals surface area contributed by atoms with E-state index in [1.165, 1.54) is 24.5 Å². The first kappa shape index (κ1) is 25.5. The number of nitrogens with zero attached hydrogens (tertiary/aromatic N) is 1. The Labute approximate surface area is 164 Å². The third-order valence-corrected chi connectivity index (χ3v) is 3.34. The van der Waals surface area contributed by atoms with Gasteiger partial charge in [0, 0.05) is 6.61 Å². The van der Waals surface area contributed by atoms with Gasteiger partial charge in [-0.25, -0.2) is 0 Å². The second-order valence-electron chi connectivity index (χ2n) is 5.03. The first-order valence-corrected chi connectivity index (χ1v) is 9.23. The molecule has 0 aliphatic carbocycles. The smallest absolute Gasteiger partial charge is 0.406 e. The van der Waals surface area contributed by atoms with Gasteiger partial charge in [-0.3, -0.25) is 4.99 Å². The van der Waals surface area contributed by atoms with E-state index in [9.17, 15) is 13.2 Å². The monoisotopic (exact) mass is 398 g/mol. The van der Waals surface area contributed by atoms with Gasteiger partial charge < -0.3 is 15.6 Å². The average Bonchev–Trinajstić information content (AvgIpc) is 2.70. The summed E-state index contributed by atoms with van der Waals surface area (Å²) in [5.41, 5.74) is 7.44. The zero-order valence-electron chi connectivity index (χ0n) is 16.7. The molecule has 3 N–H and O–H groups in total. The lowest BCUT2D eigenvalue weighted by atomic mass is 9.98. The van der Waals surface area contributed by atoms with Crippen LogP contribution >= 0.6 is 0 Å². The molecule has 1 unspecified atom stereocenters. The van der Waals surface area contributed by atoms with Gasteiger partial charge in [0.1, 0.15) is 5.75 Å². The third-order valence-electron chi connectivity index (χ3n) is 3.34. The molecule has 28 heavy (non-hydrogen) atoms. The summed E-state index contributed by atoms with van der Waals surface area (Å²) in [6.45, 7) is 7.95. The van der Waals surface area contributed by atoms with Crippen molar-refractivity contribution < 1.29 is 23.0 Å². The lowest BCUT2D eigenvalue weighted by Crippen LogP contribution is -2.17. The van der Waals surface area contributed by atoms with Gasteiger partial charge in [-0.15, -0.1) is 13.2 Å². The van der Waals surface area contributed by atoms with Gasteiger partial charge in [0.15, 0.2) is 0 Å². The van der Waals surface area contributed by atoms with E-state index in [0.717, 1.165) is 11.1 Å². The predicted octanol–water partition coefficient (Wildman–Crippen LogP) is 5.72. The van der Waals surface area contributed by atoms with E-state index in [2.05, 4.69) is 9.73 Å². The van der Waals surface area contributed by atoms with Crippen LogP contribution in [-0.4, -0.2) is 24.4 Å². The van der Waals surface area contributed by atoms with Crippen molar-refractivity contribution in [2.45, 2.75) is 46.5 Å². The van der Waals surface area contributed by atoms with Crippen molar-refractivity contribution in [3.05, 3.63) is 54.1 Å². The summed E-state index contributed by atoms with van der Waals surface area (Å²) in [6.07, 6.45) is -3.16. The Morgan fingerprint density at radius 1 is 1.04 bits per heavy atom. The number of aliphatic imine (C=N–C) groups is 1. The van der Waals surface area contributed by atoms with Crippen molar-refractivity contribution in [1.82, 2.24) is 0 Å². The van der Waals surface area contributed by atoms with E-state index < -0.39 is 6.36 Å². The SMILES string of the molecule is CC.CC.NC=NC(CCO)c1cccc(-c2cccc(OC(F)(F)F)c2)c1. The number of aliphatic hydroxyl groups is 1. The highest BCUT2D eigenvalue weighted by Gasteiger charge is 2.31. The molecule has 0 saturated heterocycles. The molecule has 0 aromatic heterocycles. The molecule has 0 saturated carbocycles. The Kier molecular flexibility index (Phi) is 12.4. The molecule has 0 bridgehead atoms. The highest BCUT2D eigenvalue weighted by molar-refractivity contribution is 5.66. The van der Waals surface area contributed by atoms with Gasteiger partial charge in [-0.05, 0) is 41.3 Å². The minimum absolute atomic E-state index is 0.0544. The topological polar surface area (TPSA) is 67.8 Å². The summed E-state index contributed by atoms with van der Waals surface area (Å²) >= 11 is 0. The molecular formula is C21H29F3N2O2. The Hall–Kier alpha value is -2.54. The van der Waals surface area contributed by atoms with Crippen LogP contribution in [0.5, 0.6) is 5.75 Å². The largest absolute Gasteiger partial charge is 0.573 e. The Balaban J connectivity index is 0.00000171. The van der Waals surface area contributed by atoms with Crippen molar-refractivity contribution in [3.8, 4) is 16.9 Å². The summed E-state index contributed by atoms with van der Waals surface area (Å²) in [5, 5.41) is 9.12. The van der Waals surface area contributed by atoms with Crippen LogP contribution in [0, 0.1) is 0 Å². The zero-order valence-corrected chi connectivity index (χ0v) is 16.7. The van der Waals surface area contributed by atoms with Crippen molar-refractivity contribution in [3.63, 3.8) is 0 Å². The molecule has 2 aromatic carbocycles. The number of rotatable bonds is 6. The lowest BCUT2D eigenvalue weighted by molar-refractivity contribution is -0.274. The number of ether oxygens (including phenoxy) is 1. The van der Waals surface area contributed by atoms with Crippen LogP contribution in [0.4, 0.5) is 13.2 Å². The Morgan fingerprint density at radius 2 is 1.61 bits per heavy atom. The molecule has 4 nitrogen and oxygen atoms in total. The van der Waals surface area contributed by atoms with Gasteiger partial charge >= 0.3 is 6.36 Å². The van der Waals surface area contributed by atoms with E-state index in [1.54, 1.807) is 24.3 Å². The van der Waals surface area contributed by atoms with E-state index in [0.29, 0.717) is 12.0 Å². The first-order valence-electron chi connectivity index (χ1n) is 9.23. The van der Waals surface area contributed by atoms with Gasteiger partial charge in [-0.1, -0.05) is 58.0 Å². The molecule has 156 valence electrons. The number of nitrogens with two attached hydrogens (primary N) is 1. The minimum Gasteiger partial charge on any atom is -0.406 e. The van der Waals surface area contributed by atoms with Gasteiger partial charge in [0.25, 0.3) is 0 Å². The number of aliphatic hydroxyl groups excluding tert-OH is 1. The van der Waals surface area contributed by atoms with Crippen molar-refractivity contribution >= 4 is 6.34 Å². The van der Waals surface area contributed by atoms with Gasteiger partial charge in [0.05, 0.1) is 12.4 Å². The van der Waals surface area contributed by atoms with Crippen LogP contribution in [0.15, 0.2) is 53.5 Å². The fourth-order valence-corrected chi connectivity index (χ4v) is 2.35. The molecule has 2 aromatic rings. The Bertz CT molecular complexity index is 704. The van der Waals surface area contributed by atoms with Crippen molar-refractivity contribution in [2.24, 2.45) is 10.7 Å². The molecule has 0 amide bonds. The van der Waals surface area contributed by atoms with Crippen molar-refractivity contribution in [1.29, 1.82) is 0 Å². The number of benzene rings is 2. The van der Waals surface area contributed by atoms with E-state index >= 15 is 0 Å². The highest BCUT2D eigenvalue weighted by atomic mass is 19.4. The summed E-state index contributed by atoms with van der Waals surface area (Å²) in [6, 6.07) is 12.6. The normalized spacial score (nSPS) is 11.7. The third kappa shape index (κ3) is 8.90. The average molecular weight is 398 g/mol. The summed E-state index contributed by atoms with van der Waals surface area (Å²) in [5.74, 6) is -0.280. The molecule has 0 radical (unpaired) electrons. The number of hydrogen-bond donors (Lipinski definition) is 2. The standard InChI is InChI=1S/C17H17F3N2O2.2C2H6/c18-17(19,20)24-15-6-2-4-13(10-15)12-3-1-5-14(9-12)16(7-8-23)22-11-21;2*1-2/h1-6,9-11,16,23H,7-8H2,(H2,21,22);2*1-2H3.